The van der Waals surface area contributed by atoms with Crippen LogP contribution in [0.5, 0.6) is 0 Å². The average Bonchev–Trinajstić information content (AvgIpc) is 2.23. The summed E-state index contributed by atoms with van der Waals surface area (Å²) in [6.07, 6.45) is 0.955. The van der Waals surface area contributed by atoms with Crippen LogP contribution in [-0.4, -0.2) is 31.6 Å². The molecule has 0 aliphatic heterocycles. The Hall–Kier alpha value is -1.00. The number of anilines is 2. The lowest BCUT2D eigenvalue weighted by atomic mass is 10.2. The zero-order valence-corrected chi connectivity index (χ0v) is 11.2. The van der Waals surface area contributed by atoms with E-state index in [9.17, 15) is 4.39 Å². The lowest BCUT2D eigenvalue weighted by molar-refractivity contribution is 0.390. The van der Waals surface area contributed by atoms with Gasteiger partial charge < -0.3 is 16.0 Å². The molecule has 17 heavy (non-hydrogen) atoms. The zero-order valence-electron chi connectivity index (χ0n) is 10.4. The maximum absolute atomic E-state index is 13.3. The molecule has 0 spiro atoms. The van der Waals surface area contributed by atoms with Gasteiger partial charge in [0.05, 0.1) is 16.4 Å². The number of rotatable bonds is 5. The van der Waals surface area contributed by atoms with Gasteiger partial charge in [-0.3, -0.25) is 0 Å². The number of nitrogens with zero attached hydrogens (tertiary/aromatic N) is 1. The van der Waals surface area contributed by atoms with Crippen molar-refractivity contribution >= 4 is 23.0 Å². The summed E-state index contributed by atoms with van der Waals surface area (Å²) in [5, 5.41) is 3.23. The molecule has 1 aromatic rings. The summed E-state index contributed by atoms with van der Waals surface area (Å²) < 4.78 is 13.3. The van der Waals surface area contributed by atoms with E-state index in [0.29, 0.717) is 11.4 Å². The molecule has 0 aromatic heterocycles. The van der Waals surface area contributed by atoms with Crippen LogP contribution in [0.2, 0.25) is 5.02 Å². The van der Waals surface area contributed by atoms with Crippen LogP contribution in [0.25, 0.3) is 0 Å². The van der Waals surface area contributed by atoms with Crippen molar-refractivity contribution in [1.29, 1.82) is 0 Å². The molecule has 3 nitrogen and oxygen atoms in total. The lowest BCUT2D eigenvalue weighted by Gasteiger charge is -2.19. The lowest BCUT2D eigenvalue weighted by Crippen LogP contribution is -2.23. The van der Waals surface area contributed by atoms with Crippen molar-refractivity contribution in [1.82, 2.24) is 4.90 Å². The standard InChI is InChI=1S/C12H19ClFN3/c1-8(4-5-17(2)3)16-12-7-10(14)9(13)6-11(12)15/h6-8,16H,4-5,15H2,1-3H3. The first-order valence-corrected chi connectivity index (χ1v) is 5.93. The molecule has 0 aliphatic rings. The van der Waals surface area contributed by atoms with E-state index >= 15 is 0 Å². The summed E-state index contributed by atoms with van der Waals surface area (Å²) in [5.41, 5.74) is 6.83. The average molecular weight is 260 g/mol. The molecular weight excluding hydrogens is 241 g/mol. The number of nitrogens with two attached hydrogens (primary N) is 1. The molecule has 1 atom stereocenters. The van der Waals surface area contributed by atoms with Crippen LogP contribution in [-0.2, 0) is 0 Å². The molecule has 1 unspecified atom stereocenters. The van der Waals surface area contributed by atoms with E-state index in [2.05, 4.69) is 10.2 Å². The Labute approximate surface area is 107 Å². The largest absolute Gasteiger partial charge is 0.397 e. The third-order valence-electron chi connectivity index (χ3n) is 2.50. The number of benzene rings is 1. The summed E-state index contributed by atoms with van der Waals surface area (Å²) >= 11 is 5.64. The van der Waals surface area contributed by atoms with Gasteiger partial charge in [0, 0.05) is 12.1 Å². The normalized spacial score (nSPS) is 12.8. The van der Waals surface area contributed by atoms with Crippen LogP contribution in [0.1, 0.15) is 13.3 Å². The van der Waals surface area contributed by atoms with Gasteiger partial charge in [-0.15, -0.1) is 0 Å². The van der Waals surface area contributed by atoms with Crippen LogP contribution in [0.15, 0.2) is 12.1 Å². The van der Waals surface area contributed by atoms with Crippen molar-refractivity contribution in [2.75, 3.05) is 31.7 Å². The monoisotopic (exact) mass is 259 g/mol. The van der Waals surface area contributed by atoms with E-state index in [4.69, 9.17) is 17.3 Å². The second-order valence-corrected chi connectivity index (χ2v) is 4.90. The Morgan fingerprint density at radius 1 is 1.47 bits per heavy atom. The first-order valence-electron chi connectivity index (χ1n) is 5.56. The number of halogens is 2. The van der Waals surface area contributed by atoms with Crippen LogP contribution in [0.4, 0.5) is 15.8 Å². The second-order valence-electron chi connectivity index (χ2n) is 4.49. The molecule has 0 bridgehead atoms. The maximum Gasteiger partial charge on any atom is 0.143 e. The van der Waals surface area contributed by atoms with Gasteiger partial charge in [0.25, 0.3) is 0 Å². The van der Waals surface area contributed by atoms with E-state index in [-0.39, 0.29) is 11.1 Å². The topological polar surface area (TPSA) is 41.3 Å². The van der Waals surface area contributed by atoms with E-state index in [1.54, 1.807) is 0 Å². The molecule has 96 valence electrons. The predicted molar refractivity (Wildman–Crippen MR) is 72.1 cm³/mol. The number of hydrogen-bond acceptors (Lipinski definition) is 3. The van der Waals surface area contributed by atoms with Crippen molar-refractivity contribution in [2.24, 2.45) is 0 Å². The summed E-state index contributed by atoms with van der Waals surface area (Å²) in [6.45, 7) is 3.00. The van der Waals surface area contributed by atoms with Gasteiger partial charge in [-0.25, -0.2) is 4.39 Å². The molecule has 0 radical (unpaired) electrons. The smallest absolute Gasteiger partial charge is 0.143 e. The SMILES string of the molecule is CC(CCN(C)C)Nc1cc(F)c(Cl)cc1N. The Bertz CT molecular complexity index is 382. The molecule has 0 amide bonds. The van der Waals surface area contributed by atoms with Crippen molar-refractivity contribution in [2.45, 2.75) is 19.4 Å². The van der Waals surface area contributed by atoms with Gasteiger partial charge >= 0.3 is 0 Å². The summed E-state index contributed by atoms with van der Waals surface area (Å²) in [4.78, 5) is 2.10. The molecule has 1 aromatic carbocycles. The highest BCUT2D eigenvalue weighted by molar-refractivity contribution is 6.31. The third-order valence-corrected chi connectivity index (χ3v) is 2.79. The van der Waals surface area contributed by atoms with Crippen molar-refractivity contribution in [3.05, 3.63) is 23.0 Å². The van der Waals surface area contributed by atoms with Gasteiger partial charge in [0.15, 0.2) is 0 Å². The Morgan fingerprint density at radius 3 is 2.71 bits per heavy atom. The Morgan fingerprint density at radius 2 is 2.12 bits per heavy atom. The van der Waals surface area contributed by atoms with Gasteiger partial charge in [-0.05, 0) is 40.1 Å². The zero-order chi connectivity index (χ0) is 13.0. The van der Waals surface area contributed by atoms with Gasteiger partial charge in [0.1, 0.15) is 5.82 Å². The molecule has 0 aliphatic carbocycles. The van der Waals surface area contributed by atoms with Crippen LogP contribution >= 0.6 is 11.6 Å². The Balaban J connectivity index is 2.65. The fraction of sp³-hybridized carbons (Fsp3) is 0.500. The van der Waals surface area contributed by atoms with Gasteiger partial charge in [0.2, 0.25) is 0 Å². The van der Waals surface area contributed by atoms with E-state index < -0.39 is 5.82 Å². The first kappa shape index (κ1) is 14.1. The number of hydrogen-bond donors (Lipinski definition) is 2. The first-order chi connectivity index (χ1) is 7.90. The molecular formula is C12H19ClFN3. The van der Waals surface area contributed by atoms with Crippen molar-refractivity contribution < 1.29 is 4.39 Å². The second kappa shape index (κ2) is 6.07. The van der Waals surface area contributed by atoms with Gasteiger partial charge in [-0.2, -0.15) is 0 Å². The van der Waals surface area contributed by atoms with Crippen LogP contribution in [0, 0.1) is 5.82 Å². The summed E-state index contributed by atoms with van der Waals surface area (Å²) in [7, 11) is 4.03. The van der Waals surface area contributed by atoms with Gasteiger partial charge in [-0.1, -0.05) is 11.6 Å². The minimum atomic E-state index is -0.455. The molecule has 3 N–H and O–H groups in total. The fourth-order valence-electron chi connectivity index (χ4n) is 1.48. The number of nitrogens with one attached hydrogen (secondary N) is 1. The highest BCUT2D eigenvalue weighted by Crippen LogP contribution is 2.26. The highest BCUT2D eigenvalue weighted by Gasteiger charge is 2.09. The molecule has 0 heterocycles. The van der Waals surface area contributed by atoms with Crippen LogP contribution < -0.4 is 11.1 Å². The van der Waals surface area contributed by atoms with Crippen molar-refractivity contribution in [3.8, 4) is 0 Å². The summed E-state index contributed by atoms with van der Waals surface area (Å²) in [6, 6.07) is 2.99. The highest BCUT2D eigenvalue weighted by atomic mass is 35.5. The molecule has 0 fully saturated rings. The van der Waals surface area contributed by atoms with E-state index in [1.165, 1.54) is 12.1 Å². The molecule has 0 saturated heterocycles. The van der Waals surface area contributed by atoms with E-state index in [1.807, 2.05) is 21.0 Å². The fourth-order valence-corrected chi connectivity index (χ4v) is 1.65. The molecule has 0 saturated carbocycles. The summed E-state index contributed by atoms with van der Waals surface area (Å²) in [5.74, 6) is -0.455. The number of nitrogen functional groups attached to an aromatic ring is 1. The molecule has 1 rings (SSSR count). The maximum atomic E-state index is 13.3. The quantitative estimate of drug-likeness (QED) is 0.799. The molecule has 5 heteroatoms. The van der Waals surface area contributed by atoms with Crippen molar-refractivity contribution in [3.63, 3.8) is 0 Å². The Kier molecular flexibility index (Phi) is 5.02. The third kappa shape index (κ3) is 4.40. The van der Waals surface area contributed by atoms with Crippen LogP contribution in [0.3, 0.4) is 0 Å². The minimum Gasteiger partial charge on any atom is -0.397 e. The minimum absolute atomic E-state index is 0.0500. The predicted octanol–water partition coefficient (Wildman–Crippen LogP) is 2.81. The van der Waals surface area contributed by atoms with E-state index in [0.717, 1.165) is 13.0 Å².